The number of nitrogens with one attached hydrogen (secondary N) is 4. The normalized spacial score (nSPS) is 10.5. The Hall–Kier alpha value is -4.57. The molecule has 0 aliphatic rings. The summed E-state index contributed by atoms with van der Waals surface area (Å²) < 4.78 is 57.5. The maximum absolute atomic E-state index is 15.3. The lowest BCUT2D eigenvalue weighted by Gasteiger charge is -2.14. The number of halogens is 5. The van der Waals surface area contributed by atoms with Crippen LogP contribution in [0.4, 0.5) is 28.9 Å². The Morgan fingerprint density at radius 3 is 1.97 bits per heavy atom. The first-order valence-corrected chi connectivity index (χ1v) is 11.0. The van der Waals surface area contributed by atoms with Crippen molar-refractivity contribution in [2.75, 3.05) is 10.9 Å². The lowest BCUT2D eigenvalue weighted by molar-refractivity contribution is 0.0945. The standard InChI is InChI=1S/C26H17ClF4N4O2/c27-17-11-9-14(13-21(17)33-35-25(36)22-18(28)7-4-8-19(22)29)16-10-12-20(30)23(24(16)31)26(37)34-32-15-5-2-1-3-6-15/h1-13,32-33H,(H,34,37)(H,35,36). The maximum atomic E-state index is 15.3. The number of rotatable bonds is 7. The third kappa shape index (κ3) is 5.65. The summed E-state index contributed by atoms with van der Waals surface area (Å²) in [4.78, 5) is 24.8. The first-order valence-electron chi connectivity index (χ1n) is 10.7. The van der Waals surface area contributed by atoms with Crippen LogP contribution in [-0.2, 0) is 0 Å². The van der Waals surface area contributed by atoms with Gasteiger partial charge in [-0.2, -0.15) is 0 Å². The second kappa shape index (κ2) is 11.0. The largest absolute Gasteiger partial charge is 0.298 e. The number of hydrogen-bond acceptors (Lipinski definition) is 4. The van der Waals surface area contributed by atoms with Crippen molar-refractivity contribution < 1.29 is 27.2 Å². The van der Waals surface area contributed by atoms with Crippen LogP contribution in [0, 0.1) is 23.3 Å². The Morgan fingerprint density at radius 2 is 1.27 bits per heavy atom. The van der Waals surface area contributed by atoms with Gasteiger partial charge in [-0.3, -0.25) is 31.3 Å². The SMILES string of the molecule is O=C(NNc1cc(-c2ccc(F)c(C(=O)NNc3ccccc3)c2F)ccc1Cl)c1c(F)cccc1F. The number of para-hydroxylation sites is 1. The molecule has 0 heterocycles. The van der Waals surface area contributed by atoms with Crippen molar-refractivity contribution in [1.82, 2.24) is 10.9 Å². The van der Waals surface area contributed by atoms with Crippen LogP contribution in [0.3, 0.4) is 0 Å². The first kappa shape index (κ1) is 25.5. The molecular formula is C26H17ClF4N4O2. The minimum Gasteiger partial charge on any atom is -0.298 e. The Morgan fingerprint density at radius 1 is 0.649 bits per heavy atom. The third-order valence-electron chi connectivity index (χ3n) is 5.19. The lowest BCUT2D eigenvalue weighted by atomic mass is 10.0. The van der Waals surface area contributed by atoms with Crippen LogP contribution >= 0.6 is 11.6 Å². The van der Waals surface area contributed by atoms with Gasteiger partial charge in [-0.05, 0) is 54.1 Å². The number of hydrogen-bond donors (Lipinski definition) is 4. The molecule has 0 fully saturated rings. The molecule has 0 aliphatic heterocycles. The highest BCUT2D eigenvalue weighted by atomic mass is 35.5. The van der Waals surface area contributed by atoms with E-state index in [2.05, 4.69) is 21.7 Å². The van der Waals surface area contributed by atoms with Crippen LogP contribution in [-0.4, -0.2) is 11.8 Å². The summed E-state index contributed by atoms with van der Waals surface area (Å²) in [5.74, 6) is -6.53. The summed E-state index contributed by atoms with van der Waals surface area (Å²) in [6.07, 6.45) is 0. The summed E-state index contributed by atoms with van der Waals surface area (Å²) >= 11 is 6.13. The molecule has 6 nitrogen and oxygen atoms in total. The van der Waals surface area contributed by atoms with E-state index in [1.54, 1.807) is 30.3 Å². The van der Waals surface area contributed by atoms with E-state index in [9.17, 15) is 22.8 Å². The minimum atomic E-state index is -1.14. The van der Waals surface area contributed by atoms with E-state index in [4.69, 9.17) is 11.6 Å². The summed E-state index contributed by atoms with van der Waals surface area (Å²) in [5.41, 5.74) is 8.30. The van der Waals surface area contributed by atoms with Crippen molar-refractivity contribution in [3.8, 4) is 11.1 Å². The fraction of sp³-hybridized carbons (Fsp3) is 0. The van der Waals surface area contributed by atoms with E-state index in [1.165, 1.54) is 18.2 Å². The number of hydrazine groups is 2. The summed E-state index contributed by atoms with van der Waals surface area (Å²) in [6.45, 7) is 0. The van der Waals surface area contributed by atoms with Gasteiger partial charge in [0.25, 0.3) is 11.8 Å². The van der Waals surface area contributed by atoms with Gasteiger partial charge < -0.3 is 0 Å². The topological polar surface area (TPSA) is 82.3 Å². The van der Waals surface area contributed by atoms with Crippen LogP contribution in [0.15, 0.2) is 78.9 Å². The van der Waals surface area contributed by atoms with Crippen molar-refractivity contribution in [3.05, 3.63) is 118 Å². The average molecular weight is 529 g/mol. The second-order valence-electron chi connectivity index (χ2n) is 7.60. The number of anilines is 2. The summed E-state index contributed by atoms with van der Waals surface area (Å²) in [6, 6.07) is 17.5. The first-order chi connectivity index (χ1) is 17.8. The van der Waals surface area contributed by atoms with Crippen molar-refractivity contribution in [3.63, 3.8) is 0 Å². The zero-order valence-electron chi connectivity index (χ0n) is 18.7. The van der Waals surface area contributed by atoms with Gasteiger partial charge in [-0.15, -0.1) is 0 Å². The van der Waals surface area contributed by atoms with Crippen LogP contribution in [0.1, 0.15) is 20.7 Å². The molecular weight excluding hydrogens is 512 g/mol. The van der Waals surface area contributed by atoms with Crippen LogP contribution in [0.25, 0.3) is 11.1 Å². The van der Waals surface area contributed by atoms with E-state index in [0.29, 0.717) is 5.69 Å². The predicted molar refractivity (Wildman–Crippen MR) is 132 cm³/mol. The average Bonchev–Trinajstić information content (AvgIpc) is 2.88. The van der Waals surface area contributed by atoms with Crippen LogP contribution < -0.4 is 21.7 Å². The molecule has 4 rings (SSSR count). The Bertz CT molecular complexity index is 1470. The molecule has 188 valence electrons. The van der Waals surface area contributed by atoms with E-state index >= 15 is 4.39 Å². The highest BCUT2D eigenvalue weighted by Gasteiger charge is 2.22. The smallest absolute Gasteiger partial charge is 0.275 e. The second-order valence-corrected chi connectivity index (χ2v) is 8.01. The van der Waals surface area contributed by atoms with Gasteiger partial charge in [0.05, 0.1) is 16.4 Å². The third-order valence-corrected chi connectivity index (χ3v) is 5.52. The van der Waals surface area contributed by atoms with Gasteiger partial charge in [0.15, 0.2) is 0 Å². The van der Waals surface area contributed by atoms with Gasteiger partial charge in [0.1, 0.15) is 34.4 Å². The van der Waals surface area contributed by atoms with E-state index in [1.807, 2.05) is 0 Å². The highest BCUT2D eigenvalue weighted by Crippen LogP contribution is 2.32. The molecule has 11 heteroatoms. The molecule has 0 aromatic heterocycles. The molecule has 0 spiro atoms. The van der Waals surface area contributed by atoms with Gasteiger partial charge in [0, 0.05) is 5.56 Å². The van der Waals surface area contributed by atoms with Crippen molar-refractivity contribution in [2.24, 2.45) is 0 Å². The predicted octanol–water partition coefficient (Wildman–Crippen LogP) is 6.08. The molecule has 0 unspecified atom stereocenters. The Kier molecular flexibility index (Phi) is 7.59. The quantitative estimate of drug-likeness (QED) is 0.173. The Balaban J connectivity index is 1.57. The van der Waals surface area contributed by atoms with Gasteiger partial charge >= 0.3 is 0 Å². The maximum Gasteiger partial charge on any atom is 0.275 e. The van der Waals surface area contributed by atoms with E-state index < -0.39 is 46.2 Å². The molecule has 37 heavy (non-hydrogen) atoms. The molecule has 0 bridgehead atoms. The molecule has 0 aliphatic carbocycles. The molecule has 0 atom stereocenters. The van der Waals surface area contributed by atoms with Gasteiger partial charge in [0.2, 0.25) is 0 Å². The van der Waals surface area contributed by atoms with Crippen LogP contribution in [0.5, 0.6) is 0 Å². The number of carbonyl (C=O) groups excluding carboxylic acids is 2. The highest BCUT2D eigenvalue weighted by molar-refractivity contribution is 6.33. The summed E-state index contributed by atoms with van der Waals surface area (Å²) in [5, 5.41) is 0.0746. The fourth-order valence-corrected chi connectivity index (χ4v) is 3.55. The molecule has 2 amide bonds. The van der Waals surface area contributed by atoms with E-state index in [0.717, 1.165) is 30.3 Å². The van der Waals surface area contributed by atoms with Crippen molar-refractivity contribution in [1.29, 1.82) is 0 Å². The molecule has 0 saturated heterocycles. The fourth-order valence-electron chi connectivity index (χ4n) is 3.39. The Labute approximate surface area is 213 Å². The van der Waals surface area contributed by atoms with E-state index in [-0.39, 0.29) is 21.8 Å². The zero-order chi connectivity index (χ0) is 26.5. The number of amides is 2. The summed E-state index contributed by atoms with van der Waals surface area (Å²) in [7, 11) is 0. The molecule has 4 aromatic carbocycles. The monoisotopic (exact) mass is 528 g/mol. The van der Waals surface area contributed by atoms with Crippen molar-refractivity contribution in [2.45, 2.75) is 0 Å². The zero-order valence-corrected chi connectivity index (χ0v) is 19.5. The minimum absolute atomic E-state index is 0.0461. The molecule has 0 saturated carbocycles. The number of benzene rings is 4. The van der Waals surface area contributed by atoms with Crippen molar-refractivity contribution >= 4 is 34.8 Å². The molecule has 4 aromatic rings. The lowest BCUT2D eigenvalue weighted by Crippen LogP contribution is -2.31. The molecule has 0 radical (unpaired) electrons. The van der Waals surface area contributed by atoms with Crippen LogP contribution in [0.2, 0.25) is 5.02 Å². The number of carbonyl (C=O) groups is 2. The van der Waals surface area contributed by atoms with Gasteiger partial charge in [-0.25, -0.2) is 17.6 Å². The van der Waals surface area contributed by atoms with Gasteiger partial charge in [-0.1, -0.05) is 41.9 Å². The molecule has 4 N–H and O–H groups in total.